The molecule has 0 saturated carbocycles. The lowest BCUT2D eigenvalue weighted by molar-refractivity contribution is -0.858. The van der Waals surface area contributed by atoms with Crippen LogP contribution < -0.4 is 9.88 Å². The third kappa shape index (κ3) is 3.05. The zero-order valence-electron chi connectivity index (χ0n) is 11.2. The molecule has 0 bridgehead atoms. The zero-order valence-corrected chi connectivity index (χ0v) is 12.0. The van der Waals surface area contributed by atoms with Crippen LogP contribution in [0, 0.1) is 13.8 Å². The Hall–Kier alpha value is -0.930. The molecule has 0 aliphatic carbocycles. The number of H-pyrrole nitrogens is 1. The summed E-state index contributed by atoms with van der Waals surface area (Å²) in [5.74, 6) is 0. The lowest BCUT2D eigenvalue weighted by atomic mass is 10.1. The largest absolute Gasteiger partial charge is 0.340 e. The Morgan fingerprint density at radius 1 is 1.24 bits per heavy atom. The van der Waals surface area contributed by atoms with Gasteiger partial charge in [0, 0.05) is 18.4 Å². The molecule has 0 spiro atoms. The third-order valence-corrected chi connectivity index (χ3v) is 4.12. The summed E-state index contributed by atoms with van der Waals surface area (Å²) in [6.07, 6.45) is 2.42. The van der Waals surface area contributed by atoms with E-state index in [0.29, 0.717) is 0 Å². The molecule has 1 aromatic heterocycles. The van der Waals surface area contributed by atoms with E-state index < -0.39 is 0 Å². The van der Waals surface area contributed by atoms with Gasteiger partial charge in [-0.2, -0.15) is 4.98 Å². The molecule has 2 N–H and O–H groups in total. The molecular weight excluding hydrogens is 228 g/mol. The second-order valence-electron chi connectivity index (χ2n) is 5.17. The Kier molecular flexibility index (Phi) is 3.79. The highest BCUT2D eigenvalue weighted by Crippen LogP contribution is 2.23. The van der Waals surface area contributed by atoms with Crippen molar-refractivity contribution in [2.75, 3.05) is 20.6 Å². The average Bonchev–Trinajstić information content (AvgIpc) is 2.60. The van der Waals surface area contributed by atoms with Crippen LogP contribution in [-0.4, -0.2) is 20.6 Å². The Balaban J connectivity index is 2.17. The summed E-state index contributed by atoms with van der Waals surface area (Å²) >= 11 is 1.91. The first-order valence-corrected chi connectivity index (χ1v) is 7.09. The van der Waals surface area contributed by atoms with Gasteiger partial charge in [0.1, 0.15) is 4.70 Å². The summed E-state index contributed by atoms with van der Waals surface area (Å²) in [7, 11) is 4.42. The Bertz CT molecular complexity index is 514. The number of fused-ring (bicyclic) bond motifs is 1. The van der Waals surface area contributed by atoms with Crippen LogP contribution in [-0.2, 0) is 6.42 Å². The van der Waals surface area contributed by atoms with Crippen LogP contribution in [0.25, 0.3) is 10.2 Å². The van der Waals surface area contributed by atoms with Crippen LogP contribution in [0.5, 0.6) is 0 Å². The van der Waals surface area contributed by atoms with Crippen LogP contribution in [0.2, 0.25) is 0 Å². The minimum atomic E-state index is 1.17. The number of nitrogens with one attached hydrogen (secondary N) is 2. The van der Waals surface area contributed by atoms with E-state index in [1.807, 2.05) is 11.3 Å². The van der Waals surface area contributed by atoms with Gasteiger partial charge in [-0.1, -0.05) is 11.3 Å². The molecule has 17 heavy (non-hydrogen) atoms. The number of benzene rings is 1. The maximum absolute atomic E-state index is 3.57. The fourth-order valence-electron chi connectivity index (χ4n) is 2.18. The van der Waals surface area contributed by atoms with Crippen molar-refractivity contribution in [2.24, 2.45) is 0 Å². The molecular formula is C14H22N2S+2. The van der Waals surface area contributed by atoms with Crippen molar-refractivity contribution in [3.8, 4) is 0 Å². The topological polar surface area (TPSA) is 18.6 Å². The van der Waals surface area contributed by atoms with E-state index >= 15 is 0 Å². The molecule has 1 heterocycles. The van der Waals surface area contributed by atoms with Crippen molar-refractivity contribution in [1.29, 1.82) is 0 Å². The van der Waals surface area contributed by atoms with Gasteiger partial charge in [-0.25, -0.2) is 0 Å². The second-order valence-corrected chi connectivity index (χ2v) is 6.30. The molecule has 0 aliphatic heterocycles. The van der Waals surface area contributed by atoms with E-state index in [0.717, 1.165) is 0 Å². The van der Waals surface area contributed by atoms with E-state index in [1.165, 1.54) is 50.6 Å². The molecule has 0 saturated heterocycles. The van der Waals surface area contributed by atoms with Crippen molar-refractivity contribution < 1.29 is 9.88 Å². The molecule has 2 rings (SSSR count). The number of thiazole rings is 1. The zero-order chi connectivity index (χ0) is 12.4. The number of hydrogen-bond acceptors (Lipinski definition) is 1. The summed E-state index contributed by atoms with van der Waals surface area (Å²) in [5, 5.41) is 1.41. The third-order valence-electron chi connectivity index (χ3n) is 3.02. The second kappa shape index (κ2) is 5.15. The predicted molar refractivity (Wildman–Crippen MR) is 73.9 cm³/mol. The van der Waals surface area contributed by atoms with E-state index in [2.05, 4.69) is 45.1 Å². The van der Waals surface area contributed by atoms with Crippen molar-refractivity contribution in [2.45, 2.75) is 26.7 Å². The van der Waals surface area contributed by atoms with E-state index in [-0.39, 0.29) is 0 Å². The minimum Gasteiger partial charge on any atom is -0.340 e. The lowest BCUT2D eigenvalue weighted by Gasteiger charge is -2.03. The fraction of sp³-hybridized carbons (Fsp3) is 0.500. The number of rotatable bonds is 4. The molecule has 2 aromatic rings. The molecule has 3 heteroatoms. The van der Waals surface area contributed by atoms with Crippen LogP contribution in [0.4, 0.5) is 0 Å². The van der Waals surface area contributed by atoms with Gasteiger partial charge in [-0.05, 0) is 31.5 Å². The number of aromatic amines is 1. The molecule has 1 aromatic carbocycles. The molecule has 0 aliphatic rings. The monoisotopic (exact) mass is 250 g/mol. The predicted octanol–water partition coefficient (Wildman–Crippen LogP) is 1.41. The molecule has 92 valence electrons. The standard InChI is InChI=1S/C14H20N2S/c1-10-8-11(2)14-12(9-10)17-13(15-14)6-5-7-16(3)4/h8-9H,5-7H2,1-4H3/p+2. The molecule has 0 amide bonds. The van der Waals surface area contributed by atoms with Gasteiger partial charge in [-0.15, -0.1) is 0 Å². The van der Waals surface area contributed by atoms with Crippen LogP contribution >= 0.6 is 11.3 Å². The smallest absolute Gasteiger partial charge is 0.236 e. The molecule has 0 radical (unpaired) electrons. The van der Waals surface area contributed by atoms with Crippen LogP contribution in [0.1, 0.15) is 22.6 Å². The fourth-order valence-corrected chi connectivity index (χ4v) is 3.41. The maximum atomic E-state index is 3.57. The van der Waals surface area contributed by atoms with Gasteiger partial charge in [-0.3, -0.25) is 0 Å². The SMILES string of the molecule is Cc1cc(C)c2[nH+]c(CCC[NH+](C)C)sc2c1. The van der Waals surface area contributed by atoms with Crippen LogP contribution in [0.3, 0.4) is 0 Å². The first-order chi connectivity index (χ1) is 8.06. The Morgan fingerprint density at radius 3 is 2.71 bits per heavy atom. The van der Waals surface area contributed by atoms with Gasteiger partial charge in [0.2, 0.25) is 10.5 Å². The highest BCUT2D eigenvalue weighted by molar-refractivity contribution is 7.18. The van der Waals surface area contributed by atoms with Crippen molar-refractivity contribution in [1.82, 2.24) is 0 Å². The normalized spacial score (nSPS) is 11.6. The van der Waals surface area contributed by atoms with Gasteiger partial charge >= 0.3 is 0 Å². The molecule has 0 fully saturated rings. The summed E-state index contributed by atoms with van der Waals surface area (Å²) in [5.41, 5.74) is 4.04. The molecule has 0 unspecified atom stereocenters. The van der Waals surface area contributed by atoms with Gasteiger partial charge < -0.3 is 4.90 Å². The summed E-state index contributed by atoms with van der Waals surface area (Å²) in [6.45, 7) is 5.59. The summed E-state index contributed by atoms with van der Waals surface area (Å²) < 4.78 is 1.40. The Morgan fingerprint density at radius 2 is 2.00 bits per heavy atom. The number of quaternary nitrogens is 1. The van der Waals surface area contributed by atoms with Gasteiger partial charge in [0.05, 0.1) is 20.6 Å². The number of hydrogen-bond donors (Lipinski definition) is 1. The quantitative estimate of drug-likeness (QED) is 0.846. The highest BCUT2D eigenvalue weighted by Gasteiger charge is 2.13. The first-order valence-electron chi connectivity index (χ1n) is 6.27. The van der Waals surface area contributed by atoms with Crippen molar-refractivity contribution in [3.05, 3.63) is 28.3 Å². The summed E-state index contributed by atoms with van der Waals surface area (Å²) in [6, 6.07) is 4.53. The Labute approximate surface area is 107 Å². The van der Waals surface area contributed by atoms with Crippen molar-refractivity contribution in [3.63, 3.8) is 0 Å². The molecule has 2 nitrogen and oxygen atoms in total. The first kappa shape index (κ1) is 12.5. The van der Waals surface area contributed by atoms with E-state index in [9.17, 15) is 0 Å². The van der Waals surface area contributed by atoms with Gasteiger partial charge in [0.25, 0.3) is 0 Å². The number of aromatic nitrogens is 1. The summed E-state index contributed by atoms with van der Waals surface area (Å²) in [4.78, 5) is 5.10. The number of aryl methyl sites for hydroxylation is 3. The van der Waals surface area contributed by atoms with Gasteiger partial charge in [0.15, 0.2) is 0 Å². The average molecular weight is 250 g/mol. The highest BCUT2D eigenvalue weighted by atomic mass is 32.1. The minimum absolute atomic E-state index is 1.17. The molecule has 0 atom stereocenters. The van der Waals surface area contributed by atoms with Crippen molar-refractivity contribution >= 4 is 21.6 Å². The lowest BCUT2D eigenvalue weighted by Crippen LogP contribution is -3.05. The van der Waals surface area contributed by atoms with Crippen LogP contribution in [0.15, 0.2) is 12.1 Å². The van der Waals surface area contributed by atoms with E-state index in [1.54, 1.807) is 0 Å². The maximum Gasteiger partial charge on any atom is 0.236 e. The van der Waals surface area contributed by atoms with E-state index in [4.69, 9.17) is 0 Å².